The van der Waals surface area contributed by atoms with Gasteiger partial charge in [-0.3, -0.25) is 9.69 Å². The van der Waals surface area contributed by atoms with Crippen LogP contribution in [-0.2, 0) is 17.8 Å². The van der Waals surface area contributed by atoms with Crippen LogP contribution < -0.4 is 5.32 Å². The van der Waals surface area contributed by atoms with E-state index >= 15 is 0 Å². The van der Waals surface area contributed by atoms with E-state index in [9.17, 15) is 4.79 Å². The topological polar surface area (TPSA) is 75.5 Å². The number of nitrogens with one attached hydrogen (secondary N) is 1. The molecule has 4 rings (SSSR count). The Hall–Kier alpha value is -3.23. The van der Waals surface area contributed by atoms with Gasteiger partial charge in [0.1, 0.15) is 6.33 Å². The molecule has 34 heavy (non-hydrogen) atoms. The smallest absolute Gasteiger partial charge is 0.254 e. The Balaban J connectivity index is 1.65. The number of aromatic nitrogens is 3. The first-order chi connectivity index (χ1) is 16.5. The van der Waals surface area contributed by atoms with Gasteiger partial charge in [-0.1, -0.05) is 6.08 Å². The van der Waals surface area contributed by atoms with Crippen molar-refractivity contribution in [2.24, 2.45) is 0 Å². The van der Waals surface area contributed by atoms with E-state index in [1.54, 1.807) is 19.5 Å². The van der Waals surface area contributed by atoms with Gasteiger partial charge in [-0.05, 0) is 31.5 Å². The molecule has 1 N–H and O–H groups in total. The number of fused-ring (bicyclic) bond motifs is 1. The lowest BCUT2D eigenvalue weighted by atomic mass is 10.1. The second-order valence-corrected chi connectivity index (χ2v) is 8.76. The number of ether oxygens (including phenoxy) is 1. The van der Waals surface area contributed by atoms with Crippen LogP contribution in [0.1, 0.15) is 27.2 Å². The summed E-state index contributed by atoms with van der Waals surface area (Å²) in [4.78, 5) is 26.1. The second-order valence-electron chi connectivity index (χ2n) is 8.76. The third-order valence-electron chi connectivity index (χ3n) is 6.66. The van der Waals surface area contributed by atoms with Crippen molar-refractivity contribution in [2.75, 3.05) is 51.8 Å². The lowest BCUT2D eigenvalue weighted by Gasteiger charge is -2.34. The second kappa shape index (κ2) is 10.8. The number of methoxy groups -OCH3 is 1. The maximum Gasteiger partial charge on any atom is 0.254 e. The lowest BCUT2D eigenvalue weighted by molar-refractivity contribution is 0.0594. The third kappa shape index (κ3) is 4.98. The number of allylic oxidation sites excluding steroid dienone is 1. The molecule has 0 radical (unpaired) electrons. The summed E-state index contributed by atoms with van der Waals surface area (Å²) < 4.78 is 7.45. The number of carbonyl (C=O) groups is 1. The Morgan fingerprint density at radius 3 is 2.59 bits per heavy atom. The lowest BCUT2D eigenvalue weighted by Crippen LogP contribution is -2.49. The Morgan fingerprint density at radius 1 is 1.18 bits per heavy atom. The SMILES string of the molecule is C=CCn1c(C)c(C)c2cc(C(=O)N3CCN(CCOC)CC3)cc(NCc3cncnc3)c21. The number of anilines is 1. The third-order valence-corrected chi connectivity index (χ3v) is 6.66. The van der Waals surface area contributed by atoms with Gasteiger partial charge in [0.25, 0.3) is 5.91 Å². The summed E-state index contributed by atoms with van der Waals surface area (Å²) in [5, 5.41) is 4.64. The van der Waals surface area contributed by atoms with Crippen molar-refractivity contribution in [3.05, 3.63) is 65.9 Å². The van der Waals surface area contributed by atoms with Crippen molar-refractivity contribution < 1.29 is 9.53 Å². The summed E-state index contributed by atoms with van der Waals surface area (Å²) in [5.41, 5.74) is 6.08. The Kier molecular flexibility index (Phi) is 7.59. The molecule has 0 spiro atoms. The highest BCUT2D eigenvalue weighted by Crippen LogP contribution is 2.33. The molecule has 0 aliphatic carbocycles. The summed E-state index contributed by atoms with van der Waals surface area (Å²) in [7, 11) is 1.72. The van der Waals surface area contributed by atoms with Crippen LogP contribution in [0.2, 0.25) is 0 Å². The van der Waals surface area contributed by atoms with Gasteiger partial charge in [0, 0.05) is 87.5 Å². The van der Waals surface area contributed by atoms with Crippen LogP contribution in [0.15, 0.2) is 43.5 Å². The Bertz CT molecular complexity index is 1150. The van der Waals surface area contributed by atoms with E-state index in [0.29, 0.717) is 25.3 Å². The van der Waals surface area contributed by atoms with Crippen molar-refractivity contribution in [1.29, 1.82) is 0 Å². The zero-order chi connectivity index (χ0) is 24.1. The first-order valence-electron chi connectivity index (χ1n) is 11.8. The monoisotopic (exact) mass is 462 g/mol. The number of carbonyl (C=O) groups excluding carboxylic acids is 1. The molecule has 3 heterocycles. The zero-order valence-electron chi connectivity index (χ0n) is 20.4. The van der Waals surface area contributed by atoms with Crippen LogP contribution in [0.5, 0.6) is 0 Å². The molecule has 1 amide bonds. The van der Waals surface area contributed by atoms with Crippen molar-refractivity contribution >= 4 is 22.5 Å². The number of nitrogens with zero attached hydrogens (tertiary/aromatic N) is 5. The molecule has 1 aliphatic heterocycles. The fraction of sp³-hybridized carbons (Fsp3) is 0.423. The predicted octanol–water partition coefficient (Wildman–Crippen LogP) is 3.25. The van der Waals surface area contributed by atoms with Crippen molar-refractivity contribution in [3.8, 4) is 0 Å². The molecule has 8 nitrogen and oxygen atoms in total. The normalized spacial score (nSPS) is 14.5. The Morgan fingerprint density at radius 2 is 1.91 bits per heavy atom. The summed E-state index contributed by atoms with van der Waals surface area (Å²) >= 11 is 0. The molecule has 180 valence electrons. The summed E-state index contributed by atoms with van der Waals surface area (Å²) in [6.45, 7) is 14.2. The number of amides is 1. The molecular formula is C26H34N6O2. The van der Waals surface area contributed by atoms with Gasteiger partial charge in [-0.2, -0.15) is 0 Å². The van der Waals surface area contributed by atoms with Gasteiger partial charge in [-0.25, -0.2) is 9.97 Å². The number of rotatable bonds is 9. The van der Waals surface area contributed by atoms with Gasteiger partial charge < -0.3 is 19.5 Å². The maximum atomic E-state index is 13.5. The standard InChI is InChI=1S/C26H34N6O2/c1-5-6-32-20(3)19(2)23-13-22(26(33)31-9-7-30(8-10-31)11-12-34-4)14-24(25(23)32)29-17-21-15-27-18-28-16-21/h5,13-16,18,29H,1,6-12,17H2,2-4H3. The Labute approximate surface area is 201 Å². The largest absolute Gasteiger partial charge is 0.383 e. The van der Waals surface area contributed by atoms with Gasteiger partial charge in [0.15, 0.2) is 0 Å². The number of aryl methyl sites for hydroxylation is 1. The first-order valence-corrected chi connectivity index (χ1v) is 11.8. The van der Waals surface area contributed by atoms with E-state index in [2.05, 4.69) is 45.2 Å². The minimum atomic E-state index is 0.0768. The summed E-state index contributed by atoms with van der Waals surface area (Å²) in [6.07, 6.45) is 7.03. The highest BCUT2D eigenvalue weighted by molar-refractivity contribution is 6.04. The van der Waals surface area contributed by atoms with E-state index in [-0.39, 0.29) is 5.91 Å². The van der Waals surface area contributed by atoms with Crippen LogP contribution in [0, 0.1) is 13.8 Å². The van der Waals surface area contributed by atoms with Gasteiger partial charge >= 0.3 is 0 Å². The molecule has 1 fully saturated rings. The quantitative estimate of drug-likeness (QED) is 0.492. The molecule has 3 aromatic rings. The summed E-state index contributed by atoms with van der Waals surface area (Å²) in [6, 6.07) is 4.04. The molecule has 0 bridgehead atoms. The van der Waals surface area contributed by atoms with Gasteiger partial charge in [-0.15, -0.1) is 6.58 Å². The minimum Gasteiger partial charge on any atom is -0.383 e. The molecule has 0 saturated carbocycles. The predicted molar refractivity (Wildman–Crippen MR) is 135 cm³/mol. The highest BCUT2D eigenvalue weighted by atomic mass is 16.5. The number of benzene rings is 1. The average Bonchev–Trinajstić information content (AvgIpc) is 3.11. The average molecular weight is 463 g/mol. The molecule has 1 saturated heterocycles. The fourth-order valence-corrected chi connectivity index (χ4v) is 4.59. The minimum absolute atomic E-state index is 0.0768. The van der Waals surface area contributed by atoms with Gasteiger partial charge in [0.05, 0.1) is 17.8 Å². The first kappa shape index (κ1) is 23.9. The van der Waals surface area contributed by atoms with Crippen LogP contribution in [0.25, 0.3) is 10.9 Å². The molecule has 2 aromatic heterocycles. The van der Waals surface area contributed by atoms with Crippen LogP contribution in [0.4, 0.5) is 5.69 Å². The van der Waals surface area contributed by atoms with E-state index in [1.165, 1.54) is 17.6 Å². The van der Waals surface area contributed by atoms with Crippen LogP contribution >= 0.6 is 0 Å². The zero-order valence-corrected chi connectivity index (χ0v) is 20.4. The van der Waals surface area contributed by atoms with Crippen molar-refractivity contribution in [1.82, 2.24) is 24.3 Å². The summed E-state index contributed by atoms with van der Waals surface area (Å²) in [5.74, 6) is 0.0768. The van der Waals surface area contributed by atoms with E-state index < -0.39 is 0 Å². The van der Waals surface area contributed by atoms with E-state index in [1.807, 2.05) is 23.1 Å². The molecular weight excluding hydrogens is 428 g/mol. The number of piperazine rings is 1. The molecule has 8 heteroatoms. The molecule has 1 aliphatic rings. The fourth-order valence-electron chi connectivity index (χ4n) is 4.59. The number of hydrogen-bond acceptors (Lipinski definition) is 6. The number of hydrogen-bond donors (Lipinski definition) is 1. The maximum absolute atomic E-state index is 13.5. The highest BCUT2D eigenvalue weighted by Gasteiger charge is 2.24. The van der Waals surface area contributed by atoms with Crippen molar-refractivity contribution in [2.45, 2.75) is 26.9 Å². The van der Waals surface area contributed by atoms with E-state index in [0.717, 1.165) is 54.9 Å². The van der Waals surface area contributed by atoms with Crippen molar-refractivity contribution in [3.63, 3.8) is 0 Å². The molecule has 1 aromatic carbocycles. The molecule has 0 unspecified atom stereocenters. The van der Waals surface area contributed by atoms with Crippen LogP contribution in [-0.4, -0.2) is 76.7 Å². The van der Waals surface area contributed by atoms with E-state index in [4.69, 9.17) is 4.74 Å². The van der Waals surface area contributed by atoms with Gasteiger partial charge in [0.2, 0.25) is 0 Å². The molecule has 0 atom stereocenters. The van der Waals surface area contributed by atoms with Crippen LogP contribution in [0.3, 0.4) is 0 Å².